The number of likely N-dealkylation sites (tertiary alicyclic amines) is 1. The molecule has 166 valence electrons. The second-order valence-electron chi connectivity index (χ2n) is 8.74. The van der Waals surface area contributed by atoms with Crippen molar-refractivity contribution in [2.75, 3.05) is 19.7 Å². The van der Waals surface area contributed by atoms with E-state index < -0.39 is 6.09 Å². The van der Waals surface area contributed by atoms with Crippen molar-refractivity contribution < 1.29 is 19.0 Å². The minimum absolute atomic E-state index is 0.0566. The van der Waals surface area contributed by atoms with E-state index in [1.54, 1.807) is 18.2 Å². The Morgan fingerprint density at radius 3 is 3.00 bits per heavy atom. The number of hydrogen-bond donors (Lipinski definition) is 2. The Kier molecular flexibility index (Phi) is 6.36. The Hall–Kier alpha value is -2.74. The minimum atomic E-state index is -0.411. The lowest BCUT2D eigenvalue weighted by molar-refractivity contribution is 0.128. The molecule has 3 atom stereocenters. The third kappa shape index (κ3) is 4.95. The molecule has 7 nitrogen and oxygen atoms in total. The maximum atomic E-state index is 14.0. The van der Waals surface area contributed by atoms with Crippen molar-refractivity contribution in [3.8, 4) is 0 Å². The zero-order valence-electron chi connectivity index (χ0n) is 17.9. The van der Waals surface area contributed by atoms with Gasteiger partial charge in [0.25, 0.3) is 0 Å². The molecule has 1 fully saturated rings. The summed E-state index contributed by atoms with van der Waals surface area (Å²) in [5.74, 6) is 0.358. The third-order valence-corrected chi connectivity index (χ3v) is 5.78. The van der Waals surface area contributed by atoms with Gasteiger partial charge >= 0.3 is 6.09 Å². The van der Waals surface area contributed by atoms with Crippen molar-refractivity contribution in [1.82, 2.24) is 10.2 Å². The summed E-state index contributed by atoms with van der Waals surface area (Å²) < 4.78 is 19.3. The van der Waals surface area contributed by atoms with Gasteiger partial charge in [-0.3, -0.25) is 4.90 Å². The molecule has 0 radical (unpaired) electrons. The van der Waals surface area contributed by atoms with Gasteiger partial charge in [-0.05, 0) is 49.5 Å². The molecule has 1 amide bonds. The van der Waals surface area contributed by atoms with Gasteiger partial charge in [-0.25, -0.2) is 19.2 Å². The molecule has 0 aromatic heterocycles. The van der Waals surface area contributed by atoms with Crippen LogP contribution in [0.25, 0.3) is 0 Å². The number of carbonyl (C=O) groups is 1. The Morgan fingerprint density at radius 1 is 1.39 bits per heavy atom. The van der Waals surface area contributed by atoms with Gasteiger partial charge in [0.15, 0.2) is 5.84 Å². The van der Waals surface area contributed by atoms with E-state index in [0.29, 0.717) is 37.5 Å². The van der Waals surface area contributed by atoms with Crippen LogP contribution in [-0.2, 0) is 4.74 Å². The van der Waals surface area contributed by atoms with Crippen molar-refractivity contribution in [3.05, 3.63) is 47.5 Å². The average Bonchev–Trinajstić information content (AvgIpc) is 3.20. The summed E-state index contributed by atoms with van der Waals surface area (Å²) in [5, 5.41) is 13.2. The Bertz CT molecular complexity index is 916. The van der Waals surface area contributed by atoms with Crippen LogP contribution >= 0.6 is 0 Å². The number of rotatable bonds is 5. The highest BCUT2D eigenvalue weighted by Crippen LogP contribution is 2.32. The fraction of sp³-hybridized carbons (Fsp3) is 0.522. The number of amides is 1. The molecule has 2 N–H and O–H groups in total. The maximum absolute atomic E-state index is 14.0. The molecular formula is C23H29FN4O3. The SMILES string of the molecule is CC(C)COC(=O)N[C@@H]1CCN(C2N=C(C3=C(O)C=CCC3)N=C3C=CC(F)=CC32)C1. The lowest BCUT2D eigenvalue weighted by atomic mass is 9.91. The lowest BCUT2D eigenvalue weighted by Crippen LogP contribution is -2.45. The van der Waals surface area contributed by atoms with Crippen LogP contribution in [0.2, 0.25) is 0 Å². The normalized spacial score (nSPS) is 28.3. The van der Waals surface area contributed by atoms with E-state index in [1.807, 2.05) is 19.9 Å². The number of alkyl carbamates (subject to hydrolysis) is 1. The molecule has 8 heteroatoms. The highest BCUT2D eigenvalue weighted by atomic mass is 19.1. The predicted molar refractivity (Wildman–Crippen MR) is 118 cm³/mol. The zero-order valence-corrected chi connectivity index (χ0v) is 17.9. The first-order valence-corrected chi connectivity index (χ1v) is 10.9. The summed E-state index contributed by atoms with van der Waals surface area (Å²) >= 11 is 0. The van der Waals surface area contributed by atoms with Crippen LogP contribution in [0.15, 0.2) is 57.5 Å². The molecule has 4 rings (SSSR count). The molecule has 0 spiro atoms. The van der Waals surface area contributed by atoms with Crippen LogP contribution in [0.4, 0.5) is 9.18 Å². The second kappa shape index (κ2) is 9.18. The molecule has 0 bridgehead atoms. The molecule has 0 aromatic carbocycles. The van der Waals surface area contributed by atoms with Crippen molar-refractivity contribution in [2.45, 2.75) is 45.3 Å². The number of hydrogen-bond acceptors (Lipinski definition) is 6. The van der Waals surface area contributed by atoms with E-state index >= 15 is 0 Å². The molecule has 2 aliphatic heterocycles. The topological polar surface area (TPSA) is 86.5 Å². The standard InChI is InChI=1S/C23H29FN4O3/c1-14(2)13-31-23(30)25-16-9-10-28(12-16)22-18-11-15(24)7-8-19(18)26-21(27-22)17-5-3-4-6-20(17)29/h4,6-8,11,14,16,18,22,29H,3,5,9-10,12-13H2,1-2H3,(H,25,30)/t16-,18?,22?/m1/s1. The van der Waals surface area contributed by atoms with E-state index in [0.717, 1.165) is 18.6 Å². The first-order chi connectivity index (χ1) is 14.9. The summed E-state index contributed by atoms with van der Waals surface area (Å²) in [5.41, 5.74) is 1.45. The van der Waals surface area contributed by atoms with Gasteiger partial charge in [0, 0.05) is 24.7 Å². The van der Waals surface area contributed by atoms with E-state index in [9.17, 15) is 14.3 Å². The molecule has 31 heavy (non-hydrogen) atoms. The molecule has 2 unspecified atom stereocenters. The summed E-state index contributed by atoms with van der Waals surface area (Å²) in [6.45, 7) is 5.66. The van der Waals surface area contributed by atoms with Crippen LogP contribution in [0.1, 0.15) is 33.1 Å². The van der Waals surface area contributed by atoms with Gasteiger partial charge in [-0.2, -0.15) is 0 Å². The van der Waals surface area contributed by atoms with Gasteiger partial charge in [-0.15, -0.1) is 0 Å². The van der Waals surface area contributed by atoms with Crippen molar-refractivity contribution in [3.63, 3.8) is 0 Å². The molecule has 0 aromatic rings. The maximum Gasteiger partial charge on any atom is 0.407 e. The highest BCUT2D eigenvalue weighted by molar-refractivity contribution is 6.13. The van der Waals surface area contributed by atoms with E-state index in [2.05, 4.69) is 15.2 Å². The average molecular weight is 429 g/mol. The number of amidine groups is 1. The first-order valence-electron chi connectivity index (χ1n) is 10.9. The Labute approximate surface area is 181 Å². The van der Waals surface area contributed by atoms with Gasteiger partial charge < -0.3 is 15.2 Å². The molecular weight excluding hydrogens is 399 g/mol. The van der Waals surface area contributed by atoms with Gasteiger partial charge in [0.05, 0.1) is 18.2 Å². The number of aliphatic hydroxyl groups excluding tert-OH is 1. The number of nitrogens with zero attached hydrogens (tertiary/aromatic N) is 3. The van der Waals surface area contributed by atoms with Crippen LogP contribution in [0, 0.1) is 11.8 Å². The summed E-state index contributed by atoms with van der Waals surface area (Å²) in [7, 11) is 0. The molecule has 1 saturated heterocycles. The van der Waals surface area contributed by atoms with Crippen LogP contribution in [0.3, 0.4) is 0 Å². The molecule has 0 saturated carbocycles. The Balaban J connectivity index is 1.52. The number of carbonyl (C=O) groups excluding carboxylic acids is 1. The lowest BCUT2D eigenvalue weighted by Gasteiger charge is -2.34. The number of fused-ring (bicyclic) bond motifs is 1. The number of ether oxygens (including phenoxy) is 1. The van der Waals surface area contributed by atoms with Gasteiger partial charge in [-0.1, -0.05) is 19.9 Å². The second-order valence-corrected chi connectivity index (χ2v) is 8.74. The summed E-state index contributed by atoms with van der Waals surface area (Å²) in [6.07, 6.45) is 9.73. The minimum Gasteiger partial charge on any atom is -0.508 e. The summed E-state index contributed by atoms with van der Waals surface area (Å²) in [6, 6.07) is -0.0566. The van der Waals surface area contributed by atoms with Gasteiger partial charge in [0.1, 0.15) is 17.8 Å². The number of aliphatic hydroxyl groups is 1. The zero-order chi connectivity index (χ0) is 22.0. The van der Waals surface area contributed by atoms with Crippen molar-refractivity contribution in [1.29, 1.82) is 0 Å². The smallest absolute Gasteiger partial charge is 0.407 e. The monoisotopic (exact) mass is 428 g/mol. The number of aliphatic imine (C=N–C) groups is 2. The largest absolute Gasteiger partial charge is 0.508 e. The molecule has 2 aliphatic carbocycles. The third-order valence-electron chi connectivity index (χ3n) is 5.78. The van der Waals surface area contributed by atoms with Gasteiger partial charge in [0.2, 0.25) is 0 Å². The predicted octanol–water partition coefficient (Wildman–Crippen LogP) is 3.82. The number of nitrogens with one attached hydrogen (secondary N) is 1. The van der Waals surface area contributed by atoms with Crippen LogP contribution in [0.5, 0.6) is 0 Å². The summed E-state index contributed by atoms with van der Waals surface area (Å²) in [4.78, 5) is 23.7. The fourth-order valence-corrected chi connectivity index (χ4v) is 4.22. The quantitative estimate of drug-likeness (QED) is 0.697. The number of halogens is 1. The van der Waals surface area contributed by atoms with Crippen LogP contribution < -0.4 is 5.32 Å². The number of allylic oxidation sites excluding steroid dienone is 5. The van der Waals surface area contributed by atoms with E-state index in [1.165, 1.54) is 6.08 Å². The van der Waals surface area contributed by atoms with E-state index in [-0.39, 0.29) is 35.6 Å². The van der Waals surface area contributed by atoms with Crippen molar-refractivity contribution >= 4 is 17.6 Å². The van der Waals surface area contributed by atoms with E-state index in [4.69, 9.17) is 9.73 Å². The van der Waals surface area contributed by atoms with Crippen molar-refractivity contribution in [2.24, 2.45) is 21.8 Å². The highest BCUT2D eigenvalue weighted by Gasteiger charge is 2.38. The molecule has 4 aliphatic rings. The van der Waals surface area contributed by atoms with Crippen LogP contribution in [-0.4, -0.2) is 59.6 Å². The Morgan fingerprint density at radius 2 is 2.23 bits per heavy atom. The fourth-order valence-electron chi connectivity index (χ4n) is 4.22. The first kappa shape index (κ1) is 21.5. The molecule has 2 heterocycles.